The SMILES string of the molecule is CCC(CC)COC(=O)[C@H](CC(C)C)NP(=O)(OC[C@@]1(COC(=O)[C@@H](NC(=O)OC(C)(C)C)C(C)C)C/C1=C/n1cc(F)c(N)nc1=O)Oc1ccccc1. The Morgan fingerprint density at radius 3 is 2.29 bits per heavy atom. The number of nitrogens with zero attached hydrogens (tertiary/aromatic N) is 2. The van der Waals surface area contributed by atoms with Crippen LogP contribution in [0.25, 0.3) is 6.20 Å². The third-order valence-corrected chi connectivity index (χ3v) is 10.3. The molecule has 1 aliphatic carbocycles. The van der Waals surface area contributed by atoms with E-state index >= 15 is 0 Å². The summed E-state index contributed by atoms with van der Waals surface area (Å²) in [5, 5.41) is 5.36. The van der Waals surface area contributed by atoms with Gasteiger partial charge in [-0.3, -0.25) is 13.9 Å². The summed E-state index contributed by atoms with van der Waals surface area (Å²) in [4.78, 5) is 55.6. The molecule has 17 heteroatoms. The number of nitrogens with one attached hydrogen (secondary N) is 2. The van der Waals surface area contributed by atoms with Crippen LogP contribution in [0.4, 0.5) is 15.0 Å². The van der Waals surface area contributed by atoms with Crippen molar-refractivity contribution in [2.45, 2.75) is 106 Å². The van der Waals surface area contributed by atoms with Crippen LogP contribution in [-0.2, 0) is 32.9 Å². The van der Waals surface area contributed by atoms with Gasteiger partial charge in [-0.15, -0.1) is 0 Å². The zero-order valence-electron chi connectivity index (χ0n) is 33.3. The van der Waals surface area contributed by atoms with Gasteiger partial charge in [0.2, 0.25) is 0 Å². The van der Waals surface area contributed by atoms with Crippen LogP contribution in [0.1, 0.15) is 88.0 Å². The lowest BCUT2D eigenvalue weighted by molar-refractivity contribution is -0.150. The number of carbonyl (C=O) groups is 3. The van der Waals surface area contributed by atoms with E-state index in [9.17, 15) is 28.1 Å². The Labute approximate surface area is 322 Å². The molecule has 1 saturated carbocycles. The maximum Gasteiger partial charge on any atom is 0.459 e. The number of alkyl carbamates (subject to hydrolysis) is 1. The second kappa shape index (κ2) is 19.5. The molecular formula is C38H57FN5O10P. The average Bonchev–Trinajstić information content (AvgIpc) is 3.79. The Morgan fingerprint density at radius 1 is 1.05 bits per heavy atom. The van der Waals surface area contributed by atoms with E-state index in [-0.39, 0.29) is 43.6 Å². The number of amides is 1. The van der Waals surface area contributed by atoms with Crippen LogP contribution in [0.3, 0.4) is 0 Å². The van der Waals surface area contributed by atoms with Crippen LogP contribution in [0, 0.1) is 29.0 Å². The highest BCUT2D eigenvalue weighted by Crippen LogP contribution is 2.56. The molecule has 306 valence electrons. The first-order valence-corrected chi connectivity index (χ1v) is 20.1. The Kier molecular flexibility index (Phi) is 16.0. The quantitative estimate of drug-likeness (QED) is 0.0749. The number of hydrogen-bond acceptors (Lipinski definition) is 12. The molecule has 1 fully saturated rings. The first kappa shape index (κ1) is 45.1. The third kappa shape index (κ3) is 14.1. The number of esters is 2. The van der Waals surface area contributed by atoms with Gasteiger partial charge in [-0.1, -0.05) is 72.6 Å². The van der Waals surface area contributed by atoms with Crippen molar-refractivity contribution < 1.29 is 46.6 Å². The molecule has 1 amide bonds. The van der Waals surface area contributed by atoms with E-state index in [1.54, 1.807) is 65.0 Å². The molecule has 1 heterocycles. The number of hydrogen-bond donors (Lipinski definition) is 3. The zero-order chi connectivity index (χ0) is 41.1. The number of benzene rings is 1. The molecule has 2 aromatic rings. The van der Waals surface area contributed by atoms with Gasteiger partial charge in [-0.05, 0) is 69.1 Å². The largest absolute Gasteiger partial charge is 0.464 e. The number of ether oxygens (including phenoxy) is 3. The van der Waals surface area contributed by atoms with Crippen molar-refractivity contribution in [1.82, 2.24) is 20.0 Å². The molecule has 15 nitrogen and oxygen atoms in total. The van der Waals surface area contributed by atoms with Gasteiger partial charge < -0.3 is 29.8 Å². The smallest absolute Gasteiger partial charge is 0.459 e. The molecular weight excluding hydrogens is 736 g/mol. The fraction of sp³-hybridized carbons (Fsp3) is 0.605. The molecule has 0 radical (unpaired) electrons. The molecule has 55 heavy (non-hydrogen) atoms. The Balaban J connectivity index is 1.97. The van der Waals surface area contributed by atoms with Crippen molar-refractivity contribution in [2.75, 3.05) is 25.6 Å². The summed E-state index contributed by atoms with van der Waals surface area (Å²) >= 11 is 0. The number of para-hydroxylation sites is 1. The van der Waals surface area contributed by atoms with Crippen LogP contribution in [0.5, 0.6) is 5.75 Å². The van der Waals surface area contributed by atoms with Crippen molar-refractivity contribution in [3.8, 4) is 5.75 Å². The van der Waals surface area contributed by atoms with E-state index in [1.165, 1.54) is 6.20 Å². The normalized spacial score (nSPS) is 18.5. The van der Waals surface area contributed by atoms with Gasteiger partial charge in [0.1, 0.15) is 30.0 Å². The fourth-order valence-corrected chi connectivity index (χ4v) is 6.98. The van der Waals surface area contributed by atoms with Crippen molar-refractivity contribution in [2.24, 2.45) is 23.2 Å². The molecule has 0 aliphatic heterocycles. The van der Waals surface area contributed by atoms with Crippen molar-refractivity contribution in [3.63, 3.8) is 0 Å². The van der Waals surface area contributed by atoms with E-state index in [0.29, 0.717) is 5.57 Å². The average molecular weight is 794 g/mol. The molecule has 3 rings (SSSR count). The standard InChI is InChI=1S/C38H57FN5O10P/c1-10-26(11-2)21-50-33(45)30(17-24(3)4)43-55(49,54-28-15-13-12-14-16-28)52-23-38(18-27(38)19-44-20-29(39)32(40)42-35(44)47)22-51-34(46)31(25(5)6)41-36(48)53-37(7,8)9/h12-16,19-20,24-26,30-31H,10-11,17-18,21-23H2,1-9H3,(H,41,48)(H,43,49)(H2,40,42,47)/b27-19-/t30-,31-,38-,55?/m0/s1. The number of halogens is 1. The summed E-state index contributed by atoms with van der Waals surface area (Å²) in [5.74, 6) is -3.01. The van der Waals surface area contributed by atoms with Gasteiger partial charge in [-0.2, -0.15) is 10.1 Å². The zero-order valence-corrected chi connectivity index (χ0v) is 34.2. The van der Waals surface area contributed by atoms with Gasteiger partial charge in [-0.25, -0.2) is 23.3 Å². The Bertz CT molecular complexity index is 1760. The lowest BCUT2D eigenvalue weighted by atomic mass is 10.0. The first-order valence-electron chi connectivity index (χ1n) is 18.5. The first-order chi connectivity index (χ1) is 25.7. The Morgan fingerprint density at radius 2 is 1.71 bits per heavy atom. The molecule has 1 aromatic carbocycles. The molecule has 0 spiro atoms. The number of nitrogens with two attached hydrogens (primary N) is 1. The third-order valence-electron chi connectivity index (χ3n) is 8.80. The molecule has 4 N–H and O–H groups in total. The maximum atomic E-state index is 14.7. The summed E-state index contributed by atoms with van der Waals surface area (Å²) < 4.78 is 58.7. The summed E-state index contributed by atoms with van der Waals surface area (Å²) in [6, 6.07) is 6.04. The van der Waals surface area contributed by atoms with Crippen molar-refractivity contribution in [1.29, 1.82) is 0 Å². The highest BCUT2D eigenvalue weighted by atomic mass is 31.2. The fourth-order valence-electron chi connectivity index (χ4n) is 5.39. The van der Waals surface area contributed by atoms with E-state index in [0.717, 1.165) is 23.6 Å². The maximum absolute atomic E-state index is 14.7. The second-order valence-corrected chi connectivity index (χ2v) is 17.2. The van der Waals surface area contributed by atoms with Crippen molar-refractivity contribution in [3.05, 3.63) is 58.4 Å². The van der Waals surface area contributed by atoms with E-state index in [2.05, 4.69) is 15.4 Å². The number of rotatable bonds is 20. The summed E-state index contributed by atoms with van der Waals surface area (Å²) in [6.07, 6.45) is 3.36. The predicted molar refractivity (Wildman–Crippen MR) is 205 cm³/mol. The lowest BCUT2D eigenvalue weighted by Gasteiger charge is -2.28. The van der Waals surface area contributed by atoms with E-state index in [1.807, 2.05) is 27.7 Å². The summed E-state index contributed by atoms with van der Waals surface area (Å²) in [5.41, 5.74) is 3.02. The minimum absolute atomic E-state index is 0.0255. The second-order valence-electron chi connectivity index (χ2n) is 15.6. The van der Waals surface area contributed by atoms with Gasteiger partial charge >= 0.3 is 31.5 Å². The monoisotopic (exact) mass is 793 g/mol. The topological polar surface area (TPSA) is 199 Å². The van der Waals surface area contributed by atoms with Crippen LogP contribution in [0.15, 0.2) is 46.9 Å². The molecule has 4 atom stereocenters. The summed E-state index contributed by atoms with van der Waals surface area (Å²) in [7, 11) is -4.43. The molecule has 1 aliphatic rings. The van der Waals surface area contributed by atoms with Crippen LogP contribution >= 0.6 is 7.75 Å². The van der Waals surface area contributed by atoms with Crippen LogP contribution < -0.4 is 26.4 Å². The molecule has 1 aromatic heterocycles. The van der Waals surface area contributed by atoms with Gasteiger partial charge in [0, 0.05) is 6.20 Å². The molecule has 1 unspecified atom stereocenters. The van der Waals surface area contributed by atoms with Crippen LogP contribution in [0.2, 0.25) is 0 Å². The predicted octanol–water partition coefficient (Wildman–Crippen LogP) is 6.48. The number of nitrogen functional groups attached to an aromatic ring is 1. The minimum atomic E-state index is -4.43. The molecule has 0 bridgehead atoms. The molecule has 0 saturated heterocycles. The minimum Gasteiger partial charge on any atom is -0.464 e. The number of anilines is 1. The Hall–Kier alpha value is -4.27. The highest BCUT2D eigenvalue weighted by Gasteiger charge is 2.53. The highest BCUT2D eigenvalue weighted by molar-refractivity contribution is 7.52. The van der Waals surface area contributed by atoms with E-state index in [4.69, 9.17) is 29.0 Å². The number of carbonyl (C=O) groups excluding carboxylic acids is 3. The van der Waals surface area contributed by atoms with Gasteiger partial charge in [0.25, 0.3) is 0 Å². The number of aromatic nitrogens is 2. The van der Waals surface area contributed by atoms with E-state index < -0.39 is 78.7 Å². The van der Waals surface area contributed by atoms with Gasteiger partial charge in [0.15, 0.2) is 11.6 Å². The lowest BCUT2D eigenvalue weighted by Crippen LogP contribution is -2.47. The van der Waals surface area contributed by atoms with Crippen LogP contribution in [-0.4, -0.2) is 65.1 Å². The van der Waals surface area contributed by atoms with Crippen molar-refractivity contribution >= 4 is 37.8 Å². The van der Waals surface area contributed by atoms with Gasteiger partial charge in [0.05, 0.1) is 24.8 Å². The summed E-state index contributed by atoms with van der Waals surface area (Å²) in [6.45, 7) is 15.7.